The van der Waals surface area contributed by atoms with Gasteiger partial charge in [0.1, 0.15) is 5.01 Å². The van der Waals surface area contributed by atoms with Gasteiger partial charge in [-0.2, -0.15) is 0 Å². The Morgan fingerprint density at radius 1 is 1.23 bits per heavy atom. The topological polar surface area (TPSA) is 85.6 Å². The van der Waals surface area contributed by atoms with E-state index in [1.54, 1.807) is 10.9 Å². The molecule has 0 spiro atoms. The molecule has 1 N–H and O–H groups in total. The number of nitrogens with zero attached hydrogens (tertiary/aromatic N) is 5. The molecule has 0 aliphatic rings. The number of aryl methyl sites for hydroxylation is 1. The number of carbonyl (C=O) groups is 1. The monoisotopic (exact) mass is 314 g/mol. The lowest BCUT2D eigenvalue weighted by Gasteiger charge is -1.97. The molecule has 0 fully saturated rings. The van der Waals surface area contributed by atoms with E-state index in [1.165, 1.54) is 11.3 Å². The largest absolute Gasteiger partial charge is 0.295 e. The van der Waals surface area contributed by atoms with Gasteiger partial charge in [-0.3, -0.25) is 10.1 Å². The highest BCUT2D eigenvalue weighted by Crippen LogP contribution is 2.17. The minimum atomic E-state index is -0.346. The predicted molar refractivity (Wildman–Crippen MR) is 83.2 cm³/mol. The molecule has 3 rings (SSSR count). The molecule has 0 saturated heterocycles. The SMILES string of the molecule is CCCc1nnc(NC(=O)c2cn(-c3ccccc3)nn2)s1. The van der Waals surface area contributed by atoms with Crippen molar-refractivity contribution in [3.8, 4) is 5.69 Å². The first kappa shape index (κ1) is 14.3. The van der Waals surface area contributed by atoms with Gasteiger partial charge in [0.05, 0.1) is 11.9 Å². The highest BCUT2D eigenvalue weighted by atomic mass is 32.1. The van der Waals surface area contributed by atoms with Crippen LogP contribution in [0.3, 0.4) is 0 Å². The van der Waals surface area contributed by atoms with Crippen molar-refractivity contribution in [1.82, 2.24) is 25.2 Å². The van der Waals surface area contributed by atoms with Crippen LogP contribution in [0.5, 0.6) is 0 Å². The van der Waals surface area contributed by atoms with Crippen LogP contribution >= 0.6 is 11.3 Å². The maximum Gasteiger partial charge on any atom is 0.279 e. The van der Waals surface area contributed by atoms with E-state index in [0.29, 0.717) is 5.13 Å². The Labute approximate surface area is 131 Å². The van der Waals surface area contributed by atoms with Crippen molar-refractivity contribution in [1.29, 1.82) is 0 Å². The Bertz CT molecular complexity index is 767. The summed E-state index contributed by atoms with van der Waals surface area (Å²) in [6.07, 6.45) is 3.43. The molecule has 0 bridgehead atoms. The molecule has 2 heterocycles. The van der Waals surface area contributed by atoms with Crippen LogP contribution in [0.15, 0.2) is 36.5 Å². The molecule has 0 radical (unpaired) electrons. The fourth-order valence-electron chi connectivity index (χ4n) is 1.85. The van der Waals surface area contributed by atoms with Crippen LogP contribution < -0.4 is 5.32 Å². The first-order valence-electron chi connectivity index (χ1n) is 6.88. The first-order valence-corrected chi connectivity index (χ1v) is 7.69. The van der Waals surface area contributed by atoms with Gasteiger partial charge in [-0.1, -0.05) is 41.7 Å². The van der Waals surface area contributed by atoms with Crippen LogP contribution in [0.1, 0.15) is 28.8 Å². The van der Waals surface area contributed by atoms with Crippen molar-refractivity contribution < 1.29 is 4.79 Å². The molecule has 1 aromatic carbocycles. The number of hydrogen-bond donors (Lipinski definition) is 1. The quantitative estimate of drug-likeness (QED) is 0.781. The van der Waals surface area contributed by atoms with Gasteiger partial charge in [-0.15, -0.1) is 15.3 Å². The number of amides is 1. The number of aromatic nitrogens is 5. The van der Waals surface area contributed by atoms with Gasteiger partial charge in [0, 0.05) is 6.42 Å². The molecule has 3 aromatic rings. The van der Waals surface area contributed by atoms with Gasteiger partial charge in [0.15, 0.2) is 5.69 Å². The van der Waals surface area contributed by atoms with E-state index in [4.69, 9.17) is 0 Å². The molecule has 2 aromatic heterocycles. The minimum absolute atomic E-state index is 0.232. The van der Waals surface area contributed by atoms with Crippen molar-refractivity contribution in [2.45, 2.75) is 19.8 Å². The lowest BCUT2D eigenvalue weighted by Crippen LogP contribution is -2.12. The molecule has 0 aliphatic carbocycles. The van der Waals surface area contributed by atoms with Crippen LogP contribution in [0.2, 0.25) is 0 Å². The van der Waals surface area contributed by atoms with Crippen molar-refractivity contribution in [3.63, 3.8) is 0 Å². The van der Waals surface area contributed by atoms with Gasteiger partial charge in [0.2, 0.25) is 5.13 Å². The zero-order valence-corrected chi connectivity index (χ0v) is 12.7. The molecular weight excluding hydrogens is 300 g/mol. The maximum absolute atomic E-state index is 12.1. The second kappa shape index (κ2) is 6.44. The third-order valence-corrected chi connectivity index (χ3v) is 3.80. The number of nitrogens with one attached hydrogen (secondary N) is 1. The zero-order valence-electron chi connectivity index (χ0n) is 11.9. The van der Waals surface area contributed by atoms with E-state index in [-0.39, 0.29) is 11.6 Å². The van der Waals surface area contributed by atoms with E-state index in [2.05, 4.69) is 32.7 Å². The molecule has 7 nitrogen and oxygen atoms in total. The number of rotatable bonds is 5. The lowest BCUT2D eigenvalue weighted by molar-refractivity contribution is 0.102. The summed E-state index contributed by atoms with van der Waals surface area (Å²) in [5.74, 6) is -0.346. The minimum Gasteiger partial charge on any atom is -0.295 e. The number of anilines is 1. The summed E-state index contributed by atoms with van der Waals surface area (Å²) < 4.78 is 1.55. The van der Waals surface area contributed by atoms with Crippen LogP contribution in [-0.2, 0) is 6.42 Å². The average molecular weight is 314 g/mol. The molecular formula is C14H14N6OS. The molecule has 22 heavy (non-hydrogen) atoms. The van der Waals surface area contributed by atoms with E-state index >= 15 is 0 Å². The fourth-order valence-corrected chi connectivity index (χ4v) is 2.69. The molecule has 0 atom stereocenters. The molecule has 0 saturated carbocycles. The summed E-state index contributed by atoms with van der Waals surface area (Å²) in [5, 5.41) is 19.9. The third-order valence-electron chi connectivity index (χ3n) is 2.90. The smallest absolute Gasteiger partial charge is 0.279 e. The molecule has 8 heteroatoms. The Hall–Kier alpha value is -2.61. The van der Waals surface area contributed by atoms with E-state index in [9.17, 15) is 4.79 Å². The highest BCUT2D eigenvalue weighted by molar-refractivity contribution is 7.15. The normalized spacial score (nSPS) is 10.6. The molecule has 0 unspecified atom stereocenters. The summed E-state index contributed by atoms with van der Waals surface area (Å²) in [4.78, 5) is 12.1. The summed E-state index contributed by atoms with van der Waals surface area (Å²) in [5.41, 5.74) is 1.08. The molecule has 0 aliphatic heterocycles. The van der Waals surface area contributed by atoms with Crippen LogP contribution in [0.25, 0.3) is 5.69 Å². The number of benzene rings is 1. The Balaban J connectivity index is 1.71. The van der Waals surface area contributed by atoms with Crippen LogP contribution in [0.4, 0.5) is 5.13 Å². The lowest BCUT2D eigenvalue weighted by atomic mass is 10.3. The molecule has 1 amide bonds. The fraction of sp³-hybridized carbons (Fsp3) is 0.214. The first-order chi connectivity index (χ1) is 10.8. The van der Waals surface area contributed by atoms with E-state index < -0.39 is 0 Å². The van der Waals surface area contributed by atoms with Crippen molar-refractivity contribution in [3.05, 3.63) is 47.2 Å². The summed E-state index contributed by atoms with van der Waals surface area (Å²) in [6, 6.07) is 9.48. The number of para-hydroxylation sites is 1. The second-order valence-electron chi connectivity index (χ2n) is 4.59. The number of hydrogen-bond acceptors (Lipinski definition) is 6. The van der Waals surface area contributed by atoms with Crippen molar-refractivity contribution in [2.75, 3.05) is 5.32 Å². The standard InChI is InChI=1S/C14H14N6OS/c1-2-6-12-17-18-14(22-12)15-13(21)11-9-20(19-16-11)10-7-4-3-5-8-10/h3-5,7-9H,2,6H2,1H3,(H,15,18,21). The van der Waals surface area contributed by atoms with Crippen LogP contribution in [0, 0.1) is 0 Å². The van der Waals surface area contributed by atoms with Gasteiger partial charge in [-0.05, 0) is 18.6 Å². The van der Waals surface area contributed by atoms with E-state index in [1.807, 2.05) is 30.3 Å². The number of carbonyl (C=O) groups excluding carboxylic acids is 1. The zero-order chi connectivity index (χ0) is 15.4. The van der Waals surface area contributed by atoms with Crippen LogP contribution in [-0.4, -0.2) is 31.1 Å². The third kappa shape index (κ3) is 3.17. The van der Waals surface area contributed by atoms with Crippen molar-refractivity contribution >= 4 is 22.4 Å². The van der Waals surface area contributed by atoms with Gasteiger partial charge in [-0.25, -0.2) is 4.68 Å². The Morgan fingerprint density at radius 2 is 2.05 bits per heavy atom. The maximum atomic E-state index is 12.1. The molecule has 112 valence electrons. The van der Waals surface area contributed by atoms with Gasteiger partial charge < -0.3 is 0 Å². The summed E-state index contributed by atoms with van der Waals surface area (Å²) in [7, 11) is 0. The van der Waals surface area contributed by atoms with Crippen molar-refractivity contribution in [2.24, 2.45) is 0 Å². The Kier molecular flexibility index (Phi) is 4.19. The summed E-state index contributed by atoms with van der Waals surface area (Å²) in [6.45, 7) is 2.07. The van der Waals surface area contributed by atoms with E-state index in [0.717, 1.165) is 23.5 Å². The predicted octanol–water partition coefficient (Wildman–Crippen LogP) is 2.32. The van der Waals surface area contributed by atoms with Gasteiger partial charge >= 0.3 is 0 Å². The average Bonchev–Trinajstić information content (AvgIpc) is 3.18. The summed E-state index contributed by atoms with van der Waals surface area (Å²) >= 11 is 1.37. The van der Waals surface area contributed by atoms with Gasteiger partial charge in [0.25, 0.3) is 5.91 Å². The highest BCUT2D eigenvalue weighted by Gasteiger charge is 2.14. The second-order valence-corrected chi connectivity index (χ2v) is 5.65. The Morgan fingerprint density at radius 3 is 2.82 bits per heavy atom.